The second kappa shape index (κ2) is 8.27. The van der Waals surface area contributed by atoms with E-state index in [1.807, 2.05) is 45.0 Å². The summed E-state index contributed by atoms with van der Waals surface area (Å²) >= 11 is 5.92. The van der Waals surface area contributed by atoms with Crippen LogP contribution in [0.1, 0.15) is 45.9 Å². The minimum atomic E-state index is -0.202. The fraction of sp³-hybridized carbons (Fsp3) is 0.238. The van der Waals surface area contributed by atoms with Crippen LogP contribution in [-0.2, 0) is 6.61 Å². The van der Waals surface area contributed by atoms with E-state index >= 15 is 0 Å². The van der Waals surface area contributed by atoms with Gasteiger partial charge in [-0.25, -0.2) is 0 Å². The number of nitrogens with zero attached hydrogens (tertiary/aromatic N) is 1. The maximum Gasteiger partial charge on any atom is 0.255 e. The van der Waals surface area contributed by atoms with Gasteiger partial charge in [-0.3, -0.25) is 4.79 Å². The van der Waals surface area contributed by atoms with E-state index in [0.717, 1.165) is 16.8 Å². The first-order valence-electron chi connectivity index (χ1n) is 8.65. The third kappa shape index (κ3) is 4.49. The lowest BCUT2D eigenvalue weighted by Crippen LogP contribution is -2.27. The summed E-state index contributed by atoms with van der Waals surface area (Å²) < 4.78 is 11.0. The molecule has 140 valence electrons. The third-order valence-electron chi connectivity index (χ3n) is 4.40. The first kappa shape index (κ1) is 19.0. The molecule has 0 unspecified atom stereocenters. The average molecular weight is 385 g/mol. The number of amides is 1. The molecule has 0 bridgehead atoms. The molecule has 0 saturated heterocycles. The highest BCUT2D eigenvalue weighted by Crippen LogP contribution is 2.23. The second-order valence-electron chi connectivity index (χ2n) is 6.33. The van der Waals surface area contributed by atoms with E-state index in [0.29, 0.717) is 22.1 Å². The molecule has 0 fully saturated rings. The number of aryl methyl sites for hydroxylation is 2. The van der Waals surface area contributed by atoms with Crippen molar-refractivity contribution < 1.29 is 14.1 Å². The summed E-state index contributed by atoms with van der Waals surface area (Å²) in [5, 5.41) is 7.58. The predicted molar refractivity (Wildman–Crippen MR) is 104 cm³/mol. The van der Waals surface area contributed by atoms with Crippen LogP contribution in [0.15, 0.2) is 53.1 Å². The Balaban J connectivity index is 1.72. The number of nitrogens with one attached hydrogen (secondary N) is 1. The first-order chi connectivity index (χ1) is 13.0. The van der Waals surface area contributed by atoms with Crippen molar-refractivity contribution in [3.63, 3.8) is 0 Å². The van der Waals surface area contributed by atoms with Gasteiger partial charge < -0.3 is 14.6 Å². The molecule has 5 nitrogen and oxygen atoms in total. The monoisotopic (exact) mass is 384 g/mol. The third-order valence-corrected chi connectivity index (χ3v) is 4.65. The highest BCUT2D eigenvalue weighted by molar-refractivity contribution is 6.30. The highest BCUT2D eigenvalue weighted by Gasteiger charge is 2.17. The van der Waals surface area contributed by atoms with Crippen molar-refractivity contribution in [1.29, 1.82) is 0 Å². The number of halogens is 1. The summed E-state index contributed by atoms with van der Waals surface area (Å²) in [5.74, 6) is 1.02. The van der Waals surface area contributed by atoms with E-state index in [2.05, 4.69) is 10.5 Å². The van der Waals surface area contributed by atoms with Gasteiger partial charge in [0.15, 0.2) is 0 Å². The van der Waals surface area contributed by atoms with Crippen LogP contribution in [0.2, 0.25) is 5.02 Å². The molecule has 1 amide bonds. The van der Waals surface area contributed by atoms with Gasteiger partial charge in [-0.05, 0) is 50.6 Å². The quantitative estimate of drug-likeness (QED) is 0.648. The SMILES string of the molecule is Cc1noc(C)c1COc1ccccc1C(=O)N[C@H](C)c1ccc(Cl)cc1. The summed E-state index contributed by atoms with van der Waals surface area (Å²) in [6.45, 7) is 5.92. The fourth-order valence-corrected chi connectivity index (χ4v) is 2.87. The zero-order chi connectivity index (χ0) is 19.4. The molecule has 0 radical (unpaired) electrons. The van der Waals surface area contributed by atoms with Crippen molar-refractivity contribution in [2.24, 2.45) is 0 Å². The van der Waals surface area contributed by atoms with E-state index in [-0.39, 0.29) is 18.6 Å². The maximum atomic E-state index is 12.8. The van der Waals surface area contributed by atoms with Gasteiger partial charge in [0.05, 0.1) is 22.9 Å². The second-order valence-corrected chi connectivity index (χ2v) is 6.77. The van der Waals surface area contributed by atoms with E-state index in [1.165, 1.54) is 0 Å². The van der Waals surface area contributed by atoms with Crippen LogP contribution in [-0.4, -0.2) is 11.1 Å². The number of aromatic nitrogens is 1. The molecular formula is C21H21ClN2O3. The molecule has 3 rings (SSSR count). The summed E-state index contributed by atoms with van der Waals surface area (Å²) in [4.78, 5) is 12.8. The van der Waals surface area contributed by atoms with Crippen LogP contribution in [0.5, 0.6) is 5.75 Å². The molecule has 2 aromatic carbocycles. The van der Waals surface area contributed by atoms with Gasteiger partial charge in [-0.1, -0.05) is 41.0 Å². The zero-order valence-corrected chi connectivity index (χ0v) is 16.2. The molecule has 1 atom stereocenters. The minimum Gasteiger partial charge on any atom is -0.488 e. The number of rotatable bonds is 6. The van der Waals surface area contributed by atoms with Gasteiger partial charge in [0.25, 0.3) is 5.91 Å². The summed E-state index contributed by atoms with van der Waals surface area (Å²) in [5.41, 5.74) is 3.12. The Morgan fingerprint density at radius 1 is 1.19 bits per heavy atom. The van der Waals surface area contributed by atoms with Gasteiger partial charge >= 0.3 is 0 Å². The van der Waals surface area contributed by atoms with Crippen LogP contribution in [0.25, 0.3) is 0 Å². The molecular weight excluding hydrogens is 364 g/mol. The Hall–Kier alpha value is -2.79. The Labute approximate surface area is 163 Å². The van der Waals surface area contributed by atoms with Gasteiger partial charge in [0, 0.05) is 5.02 Å². The van der Waals surface area contributed by atoms with Crippen LogP contribution in [0.4, 0.5) is 0 Å². The Morgan fingerprint density at radius 3 is 2.56 bits per heavy atom. The molecule has 1 aromatic heterocycles. The summed E-state index contributed by atoms with van der Waals surface area (Å²) in [7, 11) is 0. The molecule has 3 aromatic rings. The number of benzene rings is 2. The van der Waals surface area contributed by atoms with Crippen molar-refractivity contribution in [2.75, 3.05) is 0 Å². The van der Waals surface area contributed by atoms with Crippen LogP contribution in [0, 0.1) is 13.8 Å². The lowest BCUT2D eigenvalue weighted by atomic mass is 10.1. The number of para-hydroxylation sites is 1. The lowest BCUT2D eigenvalue weighted by molar-refractivity contribution is 0.0935. The molecule has 1 N–H and O–H groups in total. The number of ether oxygens (including phenoxy) is 1. The highest BCUT2D eigenvalue weighted by atomic mass is 35.5. The number of carbonyl (C=O) groups is 1. The van der Waals surface area contributed by atoms with Gasteiger partial charge in [-0.2, -0.15) is 0 Å². The molecule has 0 aliphatic rings. The van der Waals surface area contributed by atoms with Crippen LogP contribution >= 0.6 is 11.6 Å². The van der Waals surface area contributed by atoms with Gasteiger partial charge in [0.1, 0.15) is 18.1 Å². The van der Waals surface area contributed by atoms with E-state index in [9.17, 15) is 4.79 Å². The van der Waals surface area contributed by atoms with Crippen molar-refractivity contribution in [2.45, 2.75) is 33.4 Å². The molecule has 27 heavy (non-hydrogen) atoms. The van der Waals surface area contributed by atoms with Crippen molar-refractivity contribution >= 4 is 17.5 Å². The molecule has 0 saturated carbocycles. The minimum absolute atomic E-state index is 0.162. The van der Waals surface area contributed by atoms with E-state index in [4.69, 9.17) is 20.9 Å². The number of hydrogen-bond donors (Lipinski definition) is 1. The lowest BCUT2D eigenvalue weighted by Gasteiger charge is -2.16. The molecule has 0 aliphatic heterocycles. The van der Waals surface area contributed by atoms with Crippen molar-refractivity contribution in [3.05, 3.63) is 81.7 Å². The molecule has 0 spiro atoms. The summed E-state index contributed by atoms with van der Waals surface area (Å²) in [6.07, 6.45) is 0. The maximum absolute atomic E-state index is 12.8. The van der Waals surface area contributed by atoms with Crippen LogP contribution in [0.3, 0.4) is 0 Å². The average Bonchev–Trinajstić information content (AvgIpc) is 2.98. The topological polar surface area (TPSA) is 64.4 Å². The van der Waals surface area contributed by atoms with Crippen molar-refractivity contribution in [3.8, 4) is 5.75 Å². The van der Waals surface area contributed by atoms with Gasteiger partial charge in [-0.15, -0.1) is 0 Å². The standard InChI is InChI=1S/C21H21ClN2O3/c1-13(16-8-10-17(22)11-9-16)23-21(25)18-6-4-5-7-20(18)26-12-19-14(2)24-27-15(19)3/h4-11,13H,12H2,1-3H3,(H,23,25)/t13-/m1/s1. The van der Waals surface area contributed by atoms with Gasteiger partial charge in [0.2, 0.25) is 0 Å². The summed E-state index contributed by atoms with van der Waals surface area (Å²) in [6, 6.07) is 14.4. The number of hydrogen-bond acceptors (Lipinski definition) is 4. The zero-order valence-electron chi connectivity index (χ0n) is 15.5. The first-order valence-corrected chi connectivity index (χ1v) is 9.03. The molecule has 0 aliphatic carbocycles. The predicted octanol–water partition coefficient (Wildman–Crippen LogP) is 5.01. The Bertz CT molecular complexity index is 915. The van der Waals surface area contributed by atoms with Crippen molar-refractivity contribution in [1.82, 2.24) is 10.5 Å². The largest absolute Gasteiger partial charge is 0.488 e. The van der Waals surface area contributed by atoms with Crippen LogP contribution < -0.4 is 10.1 Å². The Kier molecular flexibility index (Phi) is 5.81. The van der Waals surface area contributed by atoms with E-state index in [1.54, 1.807) is 24.3 Å². The molecule has 1 heterocycles. The molecule has 6 heteroatoms. The fourth-order valence-electron chi connectivity index (χ4n) is 2.75. The normalized spacial score (nSPS) is 11.9. The van der Waals surface area contributed by atoms with E-state index < -0.39 is 0 Å². The Morgan fingerprint density at radius 2 is 1.89 bits per heavy atom. The number of carbonyl (C=O) groups excluding carboxylic acids is 1. The smallest absolute Gasteiger partial charge is 0.255 e.